The molecule has 2 aromatic heterocycles. The Morgan fingerprint density at radius 1 is 1.38 bits per heavy atom. The van der Waals surface area contributed by atoms with Crippen molar-refractivity contribution in [2.24, 2.45) is 5.84 Å². The van der Waals surface area contributed by atoms with Gasteiger partial charge in [-0.2, -0.15) is 0 Å². The zero-order chi connectivity index (χ0) is 11.2. The highest BCUT2D eigenvalue weighted by Gasteiger charge is 1.99. The SMILES string of the molecule is NNc1ccnc(COCc2ccco2)c1. The Morgan fingerprint density at radius 3 is 3.06 bits per heavy atom. The number of furan rings is 1. The van der Waals surface area contributed by atoms with Crippen molar-refractivity contribution in [1.29, 1.82) is 0 Å². The van der Waals surface area contributed by atoms with Crippen molar-refractivity contribution in [3.63, 3.8) is 0 Å². The summed E-state index contributed by atoms with van der Waals surface area (Å²) in [6, 6.07) is 7.32. The summed E-state index contributed by atoms with van der Waals surface area (Å²) in [5, 5.41) is 0. The van der Waals surface area contributed by atoms with Crippen LogP contribution in [0.25, 0.3) is 0 Å². The minimum Gasteiger partial charge on any atom is -0.467 e. The summed E-state index contributed by atoms with van der Waals surface area (Å²) in [6.45, 7) is 0.866. The lowest BCUT2D eigenvalue weighted by molar-refractivity contribution is 0.0907. The fourth-order valence-corrected chi connectivity index (χ4v) is 1.30. The fourth-order valence-electron chi connectivity index (χ4n) is 1.30. The number of nitrogens with zero attached hydrogens (tertiary/aromatic N) is 1. The normalized spacial score (nSPS) is 10.3. The third-order valence-corrected chi connectivity index (χ3v) is 2.06. The maximum Gasteiger partial charge on any atom is 0.129 e. The van der Waals surface area contributed by atoms with Gasteiger partial charge in [0, 0.05) is 6.20 Å². The van der Waals surface area contributed by atoms with Crippen LogP contribution in [0.4, 0.5) is 5.69 Å². The molecular weight excluding hydrogens is 206 g/mol. The lowest BCUT2D eigenvalue weighted by atomic mass is 10.3. The van der Waals surface area contributed by atoms with Gasteiger partial charge in [0.05, 0.1) is 24.3 Å². The summed E-state index contributed by atoms with van der Waals surface area (Å²) >= 11 is 0. The fraction of sp³-hybridized carbons (Fsp3) is 0.182. The van der Waals surface area contributed by atoms with E-state index in [2.05, 4.69) is 10.4 Å². The second-order valence-electron chi connectivity index (χ2n) is 3.25. The molecular formula is C11H13N3O2. The van der Waals surface area contributed by atoms with E-state index in [0.29, 0.717) is 13.2 Å². The van der Waals surface area contributed by atoms with Crippen LogP contribution in [0.2, 0.25) is 0 Å². The first-order valence-electron chi connectivity index (χ1n) is 4.90. The Bertz CT molecular complexity index is 429. The van der Waals surface area contributed by atoms with E-state index >= 15 is 0 Å². The molecule has 2 heterocycles. The zero-order valence-electron chi connectivity index (χ0n) is 8.72. The van der Waals surface area contributed by atoms with Gasteiger partial charge in [0.25, 0.3) is 0 Å². The van der Waals surface area contributed by atoms with E-state index in [0.717, 1.165) is 17.1 Å². The minimum absolute atomic E-state index is 0.427. The number of nitrogen functional groups attached to an aromatic ring is 1. The smallest absolute Gasteiger partial charge is 0.129 e. The summed E-state index contributed by atoms with van der Waals surface area (Å²) in [5.41, 5.74) is 4.19. The number of hydrogen-bond acceptors (Lipinski definition) is 5. The second kappa shape index (κ2) is 5.29. The molecule has 0 radical (unpaired) electrons. The van der Waals surface area contributed by atoms with Crippen LogP contribution in [0.1, 0.15) is 11.5 Å². The number of aromatic nitrogens is 1. The molecule has 5 heteroatoms. The van der Waals surface area contributed by atoms with Gasteiger partial charge in [-0.05, 0) is 24.3 Å². The Balaban J connectivity index is 1.85. The highest BCUT2D eigenvalue weighted by molar-refractivity contribution is 5.41. The molecule has 16 heavy (non-hydrogen) atoms. The second-order valence-corrected chi connectivity index (χ2v) is 3.25. The first-order chi connectivity index (χ1) is 7.88. The number of pyridine rings is 1. The Labute approximate surface area is 93.2 Å². The van der Waals surface area contributed by atoms with Gasteiger partial charge in [0.15, 0.2) is 0 Å². The summed E-state index contributed by atoms with van der Waals surface area (Å²) < 4.78 is 10.6. The monoisotopic (exact) mass is 219 g/mol. The van der Waals surface area contributed by atoms with E-state index in [1.165, 1.54) is 0 Å². The van der Waals surface area contributed by atoms with Crippen molar-refractivity contribution >= 4 is 5.69 Å². The van der Waals surface area contributed by atoms with Crippen LogP contribution in [0.3, 0.4) is 0 Å². The quantitative estimate of drug-likeness (QED) is 0.591. The first kappa shape index (κ1) is 10.7. The third kappa shape index (κ3) is 2.82. The first-order valence-corrected chi connectivity index (χ1v) is 4.90. The maximum atomic E-state index is 5.44. The maximum absolute atomic E-state index is 5.44. The van der Waals surface area contributed by atoms with Crippen LogP contribution < -0.4 is 11.3 Å². The molecule has 0 atom stereocenters. The average molecular weight is 219 g/mol. The van der Waals surface area contributed by atoms with Gasteiger partial charge >= 0.3 is 0 Å². The summed E-state index contributed by atoms with van der Waals surface area (Å²) in [6.07, 6.45) is 3.30. The number of hydrazine groups is 1. The zero-order valence-corrected chi connectivity index (χ0v) is 8.72. The van der Waals surface area contributed by atoms with Gasteiger partial charge in [-0.15, -0.1) is 0 Å². The Kier molecular flexibility index (Phi) is 3.53. The van der Waals surface area contributed by atoms with Gasteiger partial charge in [0.2, 0.25) is 0 Å². The van der Waals surface area contributed by atoms with Gasteiger partial charge in [-0.1, -0.05) is 0 Å². The van der Waals surface area contributed by atoms with Crippen LogP contribution >= 0.6 is 0 Å². The predicted octanol–water partition coefficient (Wildman–Crippen LogP) is 1.68. The minimum atomic E-state index is 0.427. The number of rotatable bonds is 5. The molecule has 2 aromatic rings. The standard InChI is InChI=1S/C11H13N3O2/c12-14-9-3-4-13-10(6-9)7-15-8-11-2-1-5-16-11/h1-6H,7-8,12H2,(H,13,14). The molecule has 0 unspecified atom stereocenters. The van der Waals surface area contributed by atoms with Gasteiger partial charge < -0.3 is 14.6 Å². The molecule has 3 N–H and O–H groups in total. The van der Waals surface area contributed by atoms with Gasteiger partial charge in [0.1, 0.15) is 12.4 Å². The third-order valence-electron chi connectivity index (χ3n) is 2.06. The molecule has 0 aromatic carbocycles. The van der Waals surface area contributed by atoms with Gasteiger partial charge in [-0.25, -0.2) is 0 Å². The van der Waals surface area contributed by atoms with Crippen molar-refractivity contribution < 1.29 is 9.15 Å². The predicted molar refractivity (Wildman–Crippen MR) is 59.2 cm³/mol. The van der Waals surface area contributed by atoms with E-state index in [9.17, 15) is 0 Å². The summed E-state index contributed by atoms with van der Waals surface area (Å²) in [4.78, 5) is 4.16. The molecule has 0 saturated heterocycles. The molecule has 5 nitrogen and oxygen atoms in total. The highest BCUT2D eigenvalue weighted by Crippen LogP contribution is 2.08. The summed E-state index contributed by atoms with van der Waals surface area (Å²) in [5.74, 6) is 6.09. The molecule has 0 aliphatic rings. The van der Waals surface area contributed by atoms with Crippen LogP contribution in [0.5, 0.6) is 0 Å². The van der Waals surface area contributed by atoms with E-state index in [1.807, 2.05) is 18.2 Å². The number of anilines is 1. The van der Waals surface area contributed by atoms with Crippen molar-refractivity contribution in [2.75, 3.05) is 5.43 Å². The van der Waals surface area contributed by atoms with Crippen molar-refractivity contribution in [3.05, 3.63) is 48.2 Å². The highest BCUT2D eigenvalue weighted by atomic mass is 16.5. The molecule has 0 aliphatic carbocycles. The molecule has 0 saturated carbocycles. The molecule has 0 aliphatic heterocycles. The lowest BCUT2D eigenvalue weighted by Gasteiger charge is -2.04. The van der Waals surface area contributed by atoms with E-state index in [1.54, 1.807) is 18.5 Å². The van der Waals surface area contributed by atoms with E-state index in [-0.39, 0.29) is 0 Å². The van der Waals surface area contributed by atoms with E-state index < -0.39 is 0 Å². The molecule has 0 bridgehead atoms. The number of hydrogen-bond donors (Lipinski definition) is 2. The van der Waals surface area contributed by atoms with E-state index in [4.69, 9.17) is 15.0 Å². The lowest BCUT2D eigenvalue weighted by Crippen LogP contribution is -2.07. The van der Waals surface area contributed by atoms with Crippen molar-refractivity contribution in [2.45, 2.75) is 13.2 Å². The number of nitrogens with one attached hydrogen (secondary N) is 1. The van der Waals surface area contributed by atoms with Crippen LogP contribution in [0, 0.1) is 0 Å². The Morgan fingerprint density at radius 2 is 2.31 bits per heavy atom. The summed E-state index contributed by atoms with van der Waals surface area (Å²) in [7, 11) is 0. The van der Waals surface area contributed by atoms with Crippen LogP contribution in [0.15, 0.2) is 41.1 Å². The molecule has 0 fully saturated rings. The molecule has 0 spiro atoms. The van der Waals surface area contributed by atoms with Crippen LogP contribution in [-0.2, 0) is 18.0 Å². The molecule has 84 valence electrons. The molecule has 0 amide bonds. The van der Waals surface area contributed by atoms with Crippen LogP contribution in [-0.4, -0.2) is 4.98 Å². The number of ether oxygens (including phenoxy) is 1. The topological polar surface area (TPSA) is 73.3 Å². The average Bonchev–Trinajstić information content (AvgIpc) is 2.82. The largest absolute Gasteiger partial charge is 0.467 e. The Hall–Kier alpha value is -1.85. The van der Waals surface area contributed by atoms with Crippen molar-refractivity contribution in [3.8, 4) is 0 Å². The van der Waals surface area contributed by atoms with Gasteiger partial charge in [-0.3, -0.25) is 10.8 Å². The van der Waals surface area contributed by atoms with Crippen molar-refractivity contribution in [1.82, 2.24) is 4.98 Å². The molecule has 2 rings (SSSR count). The number of nitrogens with two attached hydrogens (primary N) is 1.